The summed E-state index contributed by atoms with van der Waals surface area (Å²) >= 11 is 0. The molecule has 1 saturated heterocycles. The van der Waals surface area contributed by atoms with Crippen molar-refractivity contribution in [1.82, 2.24) is 4.90 Å². The summed E-state index contributed by atoms with van der Waals surface area (Å²) in [7, 11) is 0. The summed E-state index contributed by atoms with van der Waals surface area (Å²) in [6, 6.07) is 0.0397. The number of nitrogens with two attached hydrogens (primary N) is 1. The number of nitrogens with zero attached hydrogens (tertiary/aromatic N) is 1. The molecule has 1 heterocycles. The van der Waals surface area contributed by atoms with E-state index < -0.39 is 17.3 Å². The predicted octanol–water partition coefficient (Wildman–Crippen LogP) is 0.293. The lowest BCUT2D eigenvalue weighted by Crippen LogP contribution is -2.46. The van der Waals surface area contributed by atoms with Crippen molar-refractivity contribution in [3.63, 3.8) is 0 Å². The molecular formula is C12H20N2O3. The first-order valence-electron chi connectivity index (χ1n) is 6.13. The summed E-state index contributed by atoms with van der Waals surface area (Å²) in [5, 5.41) is 9.06. The molecule has 17 heavy (non-hydrogen) atoms. The van der Waals surface area contributed by atoms with Gasteiger partial charge < -0.3 is 15.7 Å². The monoisotopic (exact) mass is 240 g/mol. The lowest BCUT2D eigenvalue weighted by molar-refractivity contribution is -0.142. The molecule has 1 amide bonds. The van der Waals surface area contributed by atoms with Gasteiger partial charge in [-0.15, -0.1) is 0 Å². The lowest BCUT2D eigenvalue weighted by Gasteiger charge is -2.31. The molecule has 96 valence electrons. The molecule has 2 fully saturated rings. The molecule has 0 spiro atoms. The largest absolute Gasteiger partial charge is 0.481 e. The number of amides is 1. The van der Waals surface area contributed by atoms with Crippen LogP contribution in [0.3, 0.4) is 0 Å². The predicted molar refractivity (Wildman–Crippen MR) is 62.2 cm³/mol. The van der Waals surface area contributed by atoms with E-state index in [9.17, 15) is 9.59 Å². The van der Waals surface area contributed by atoms with E-state index in [-0.39, 0.29) is 17.9 Å². The number of likely N-dealkylation sites (tertiary alicyclic amines) is 1. The minimum absolute atomic E-state index is 0.0300. The fourth-order valence-corrected chi connectivity index (χ4v) is 2.97. The average molecular weight is 240 g/mol. The third kappa shape index (κ3) is 2.04. The Morgan fingerprint density at radius 3 is 2.47 bits per heavy atom. The average Bonchev–Trinajstić information content (AvgIpc) is 2.80. The van der Waals surface area contributed by atoms with Gasteiger partial charge in [0.2, 0.25) is 5.91 Å². The van der Waals surface area contributed by atoms with Gasteiger partial charge in [-0.05, 0) is 18.3 Å². The van der Waals surface area contributed by atoms with Crippen LogP contribution in [0.1, 0.15) is 26.7 Å². The molecule has 2 rings (SSSR count). The molecule has 3 atom stereocenters. The van der Waals surface area contributed by atoms with E-state index in [0.29, 0.717) is 13.1 Å². The number of carbonyl (C=O) groups excluding carboxylic acids is 1. The molecule has 1 aliphatic carbocycles. The second kappa shape index (κ2) is 3.98. The maximum Gasteiger partial charge on any atom is 0.307 e. The van der Waals surface area contributed by atoms with Gasteiger partial charge in [0.05, 0.1) is 11.8 Å². The van der Waals surface area contributed by atoms with Crippen LogP contribution in [-0.2, 0) is 9.59 Å². The molecule has 5 heteroatoms. The van der Waals surface area contributed by atoms with Crippen molar-refractivity contribution in [2.24, 2.45) is 23.0 Å². The summed E-state index contributed by atoms with van der Waals surface area (Å²) in [5.41, 5.74) is 5.42. The molecule has 0 aromatic heterocycles. The highest BCUT2D eigenvalue weighted by atomic mass is 16.4. The summed E-state index contributed by atoms with van der Waals surface area (Å²) in [6.07, 6.45) is 1.86. The van der Waals surface area contributed by atoms with Crippen molar-refractivity contribution in [2.45, 2.75) is 32.7 Å². The Balaban J connectivity index is 2.04. The van der Waals surface area contributed by atoms with Crippen molar-refractivity contribution in [1.29, 1.82) is 0 Å². The normalized spacial score (nSPS) is 35.5. The zero-order chi connectivity index (χ0) is 12.8. The summed E-state index contributed by atoms with van der Waals surface area (Å²) in [6.45, 7) is 4.97. The third-order valence-electron chi connectivity index (χ3n) is 4.13. The molecule has 0 bridgehead atoms. The smallest absolute Gasteiger partial charge is 0.307 e. The molecular weight excluding hydrogens is 220 g/mol. The summed E-state index contributed by atoms with van der Waals surface area (Å²) in [5.74, 6) is -1.80. The minimum atomic E-state index is -0.866. The summed E-state index contributed by atoms with van der Waals surface area (Å²) in [4.78, 5) is 25.0. The van der Waals surface area contributed by atoms with E-state index in [1.54, 1.807) is 4.90 Å². The van der Waals surface area contributed by atoms with Crippen LogP contribution in [0.4, 0.5) is 0 Å². The fraction of sp³-hybridized carbons (Fsp3) is 0.833. The molecule has 3 N–H and O–H groups in total. The SMILES string of the molecule is CC1(C)[C@H](C(=O)O)[C@@H]1C(=O)N1CCCC(N)C1. The van der Waals surface area contributed by atoms with Crippen LogP contribution in [-0.4, -0.2) is 41.0 Å². The van der Waals surface area contributed by atoms with Gasteiger partial charge in [0.1, 0.15) is 0 Å². The molecule has 0 aromatic rings. The molecule has 1 saturated carbocycles. The first kappa shape index (κ1) is 12.4. The third-order valence-corrected chi connectivity index (χ3v) is 4.13. The number of hydrogen-bond donors (Lipinski definition) is 2. The molecule has 2 aliphatic rings. The van der Waals surface area contributed by atoms with Crippen molar-refractivity contribution >= 4 is 11.9 Å². The van der Waals surface area contributed by atoms with E-state index in [2.05, 4.69) is 0 Å². The highest BCUT2D eigenvalue weighted by Crippen LogP contribution is 2.59. The first-order valence-corrected chi connectivity index (χ1v) is 6.13. The van der Waals surface area contributed by atoms with Gasteiger partial charge in [-0.1, -0.05) is 13.8 Å². The quantitative estimate of drug-likeness (QED) is 0.726. The van der Waals surface area contributed by atoms with Crippen molar-refractivity contribution in [3.8, 4) is 0 Å². The topological polar surface area (TPSA) is 83.6 Å². The van der Waals surface area contributed by atoms with Crippen LogP contribution in [0.15, 0.2) is 0 Å². The molecule has 1 unspecified atom stereocenters. The van der Waals surface area contributed by atoms with Crippen LogP contribution in [0.5, 0.6) is 0 Å². The Bertz CT molecular complexity index is 354. The van der Waals surface area contributed by atoms with Crippen molar-refractivity contribution < 1.29 is 14.7 Å². The Morgan fingerprint density at radius 2 is 2.00 bits per heavy atom. The van der Waals surface area contributed by atoms with Gasteiger partial charge >= 0.3 is 5.97 Å². The molecule has 1 aliphatic heterocycles. The standard InChI is InChI=1S/C12H20N2O3/c1-12(2)8(9(12)11(16)17)10(15)14-5-3-4-7(13)6-14/h7-9H,3-6,13H2,1-2H3,(H,16,17)/t7?,8-,9+/m1/s1. The van der Waals surface area contributed by atoms with Gasteiger partial charge in [-0.25, -0.2) is 0 Å². The van der Waals surface area contributed by atoms with Gasteiger partial charge in [0.25, 0.3) is 0 Å². The van der Waals surface area contributed by atoms with Gasteiger partial charge in [-0.3, -0.25) is 9.59 Å². The number of rotatable bonds is 2. The number of carboxylic acid groups (broad SMARTS) is 1. The Hall–Kier alpha value is -1.10. The Kier molecular flexibility index (Phi) is 2.89. The number of piperidine rings is 1. The van der Waals surface area contributed by atoms with Crippen molar-refractivity contribution in [2.75, 3.05) is 13.1 Å². The second-order valence-corrected chi connectivity index (χ2v) is 5.80. The van der Waals surface area contributed by atoms with Crippen LogP contribution in [0, 0.1) is 17.3 Å². The molecule has 0 radical (unpaired) electrons. The number of carboxylic acids is 1. The van der Waals surface area contributed by atoms with Crippen LogP contribution in [0.2, 0.25) is 0 Å². The van der Waals surface area contributed by atoms with Crippen LogP contribution in [0.25, 0.3) is 0 Å². The Labute approximate surface area is 101 Å². The number of aliphatic carboxylic acids is 1. The van der Waals surface area contributed by atoms with Crippen LogP contribution < -0.4 is 5.73 Å². The number of carbonyl (C=O) groups is 2. The maximum absolute atomic E-state index is 12.2. The van der Waals surface area contributed by atoms with E-state index >= 15 is 0 Å². The summed E-state index contributed by atoms with van der Waals surface area (Å²) < 4.78 is 0. The highest BCUT2D eigenvalue weighted by Gasteiger charge is 2.66. The zero-order valence-electron chi connectivity index (χ0n) is 10.3. The minimum Gasteiger partial charge on any atom is -0.481 e. The fourth-order valence-electron chi connectivity index (χ4n) is 2.97. The van der Waals surface area contributed by atoms with Crippen molar-refractivity contribution in [3.05, 3.63) is 0 Å². The van der Waals surface area contributed by atoms with Crippen LogP contribution >= 0.6 is 0 Å². The van der Waals surface area contributed by atoms with E-state index in [0.717, 1.165) is 12.8 Å². The van der Waals surface area contributed by atoms with E-state index in [1.165, 1.54) is 0 Å². The number of hydrogen-bond acceptors (Lipinski definition) is 3. The van der Waals surface area contributed by atoms with Gasteiger partial charge in [-0.2, -0.15) is 0 Å². The zero-order valence-corrected chi connectivity index (χ0v) is 10.3. The van der Waals surface area contributed by atoms with E-state index in [1.807, 2.05) is 13.8 Å². The van der Waals surface area contributed by atoms with Gasteiger partial charge in [0, 0.05) is 19.1 Å². The second-order valence-electron chi connectivity index (χ2n) is 5.80. The molecule has 5 nitrogen and oxygen atoms in total. The first-order chi connectivity index (χ1) is 7.85. The van der Waals surface area contributed by atoms with Gasteiger partial charge in [0.15, 0.2) is 0 Å². The maximum atomic E-state index is 12.2. The van der Waals surface area contributed by atoms with E-state index in [4.69, 9.17) is 10.8 Å². The molecule has 0 aromatic carbocycles. The Morgan fingerprint density at radius 1 is 1.35 bits per heavy atom. The lowest BCUT2D eigenvalue weighted by atomic mass is 10.0. The highest BCUT2D eigenvalue weighted by molar-refractivity contribution is 5.91.